The number of morpholine rings is 1. The molecule has 1 aromatic heterocycles. The number of ether oxygens (including phenoxy) is 1. The molecule has 0 unspecified atom stereocenters. The molecule has 38 heavy (non-hydrogen) atoms. The van der Waals surface area contributed by atoms with E-state index in [4.69, 9.17) is 17.0 Å². The SMILES string of the molecule is O=C(C=Cc1ccc(S(=O)(=O)N2CCOCC2)cc1)NC(=S)Nc1ccccc1NS(=O)(=O)c1cccs1. The molecule has 1 amide bonds. The Morgan fingerprint density at radius 3 is 2.29 bits per heavy atom. The molecule has 4 rings (SSSR count). The summed E-state index contributed by atoms with van der Waals surface area (Å²) in [6, 6.07) is 15.9. The monoisotopic (exact) mass is 592 g/mol. The molecule has 3 N–H and O–H groups in total. The van der Waals surface area contributed by atoms with E-state index in [2.05, 4.69) is 15.4 Å². The van der Waals surface area contributed by atoms with Crippen LogP contribution in [0.25, 0.3) is 6.08 Å². The molecule has 0 atom stereocenters. The van der Waals surface area contributed by atoms with Gasteiger partial charge in [0.15, 0.2) is 5.11 Å². The lowest BCUT2D eigenvalue weighted by atomic mass is 10.2. The van der Waals surface area contributed by atoms with Gasteiger partial charge in [0.1, 0.15) is 4.21 Å². The van der Waals surface area contributed by atoms with E-state index in [1.54, 1.807) is 47.8 Å². The molecule has 0 spiro atoms. The van der Waals surface area contributed by atoms with Crippen LogP contribution >= 0.6 is 23.6 Å². The maximum absolute atomic E-state index is 12.7. The van der Waals surface area contributed by atoms with E-state index >= 15 is 0 Å². The normalized spacial score (nSPS) is 14.7. The Bertz CT molecular complexity index is 1530. The van der Waals surface area contributed by atoms with Crippen molar-refractivity contribution in [1.29, 1.82) is 0 Å². The number of hydrogen-bond acceptors (Lipinski definition) is 8. The third-order valence-corrected chi connectivity index (χ3v) is 10.2. The summed E-state index contributed by atoms with van der Waals surface area (Å²) in [5, 5.41) is 6.96. The first kappa shape index (κ1) is 27.9. The van der Waals surface area contributed by atoms with Gasteiger partial charge in [0, 0.05) is 19.2 Å². The van der Waals surface area contributed by atoms with Crippen LogP contribution in [0.1, 0.15) is 5.56 Å². The smallest absolute Gasteiger partial charge is 0.271 e. The topological polar surface area (TPSA) is 134 Å². The van der Waals surface area contributed by atoms with E-state index in [0.717, 1.165) is 11.3 Å². The molecule has 0 aliphatic carbocycles. The lowest BCUT2D eigenvalue weighted by molar-refractivity contribution is -0.115. The summed E-state index contributed by atoms with van der Waals surface area (Å²) in [5.41, 5.74) is 1.24. The predicted octanol–water partition coefficient (Wildman–Crippen LogP) is 3.10. The Morgan fingerprint density at radius 1 is 0.947 bits per heavy atom. The Labute approximate surface area is 230 Å². The van der Waals surface area contributed by atoms with Crippen LogP contribution < -0.4 is 15.4 Å². The quantitative estimate of drug-likeness (QED) is 0.269. The van der Waals surface area contributed by atoms with Crippen molar-refractivity contribution in [3.8, 4) is 0 Å². The van der Waals surface area contributed by atoms with Crippen molar-refractivity contribution in [1.82, 2.24) is 9.62 Å². The van der Waals surface area contributed by atoms with Gasteiger partial charge in [-0.1, -0.05) is 30.3 Å². The number of para-hydroxylation sites is 2. The second-order valence-electron chi connectivity index (χ2n) is 7.95. The molecule has 0 bridgehead atoms. The first-order valence-electron chi connectivity index (χ1n) is 11.3. The number of anilines is 2. The zero-order valence-electron chi connectivity index (χ0n) is 19.9. The molecule has 1 fully saturated rings. The number of nitrogens with one attached hydrogen (secondary N) is 3. The Kier molecular flexibility index (Phi) is 8.91. The number of nitrogens with zero attached hydrogens (tertiary/aromatic N) is 1. The maximum Gasteiger partial charge on any atom is 0.271 e. The fourth-order valence-electron chi connectivity index (χ4n) is 3.46. The molecule has 3 aromatic rings. The molecule has 14 heteroatoms. The molecule has 2 heterocycles. The second-order valence-corrected chi connectivity index (χ2v) is 13.1. The summed E-state index contributed by atoms with van der Waals surface area (Å²) >= 11 is 6.30. The van der Waals surface area contributed by atoms with Crippen molar-refractivity contribution >= 4 is 72.1 Å². The van der Waals surface area contributed by atoms with E-state index in [1.807, 2.05) is 0 Å². The molecule has 1 aliphatic heterocycles. The first-order valence-corrected chi connectivity index (χ1v) is 15.5. The van der Waals surface area contributed by atoms with Crippen LogP contribution in [0.15, 0.2) is 81.2 Å². The Balaban J connectivity index is 1.35. The number of benzene rings is 2. The highest BCUT2D eigenvalue weighted by Gasteiger charge is 2.26. The third-order valence-electron chi connectivity index (χ3n) is 5.33. The molecule has 10 nitrogen and oxygen atoms in total. The largest absolute Gasteiger partial charge is 0.379 e. The van der Waals surface area contributed by atoms with Crippen molar-refractivity contribution in [2.75, 3.05) is 36.3 Å². The molecule has 0 saturated carbocycles. The van der Waals surface area contributed by atoms with Gasteiger partial charge in [0.05, 0.1) is 29.5 Å². The molecule has 0 radical (unpaired) electrons. The maximum atomic E-state index is 12.7. The van der Waals surface area contributed by atoms with Gasteiger partial charge in [-0.05, 0) is 59.6 Å². The summed E-state index contributed by atoms with van der Waals surface area (Å²) < 4.78 is 59.9. The molecular formula is C24H24N4O6S4. The van der Waals surface area contributed by atoms with Crippen molar-refractivity contribution in [3.63, 3.8) is 0 Å². The Hall–Kier alpha value is -3.14. The molecule has 1 aliphatic rings. The number of carbonyl (C=O) groups excluding carboxylic acids is 1. The minimum Gasteiger partial charge on any atom is -0.379 e. The average molecular weight is 593 g/mol. The van der Waals surface area contributed by atoms with Gasteiger partial charge in [0.2, 0.25) is 15.9 Å². The highest BCUT2D eigenvalue weighted by molar-refractivity contribution is 7.94. The van der Waals surface area contributed by atoms with Gasteiger partial charge in [-0.15, -0.1) is 11.3 Å². The summed E-state index contributed by atoms with van der Waals surface area (Å²) in [4.78, 5) is 12.5. The number of carbonyl (C=O) groups is 1. The van der Waals surface area contributed by atoms with E-state index in [0.29, 0.717) is 37.6 Å². The average Bonchev–Trinajstić information content (AvgIpc) is 3.46. The standard InChI is InChI=1S/C24H24N4O6S4/c29-22(12-9-18-7-10-19(11-8-18)38(32,33)28-13-15-34-16-14-28)26-24(35)25-20-4-1-2-5-21(20)27-37(30,31)23-6-3-17-36-23/h1-12,17,27H,13-16H2,(H2,25,26,29,35). The summed E-state index contributed by atoms with van der Waals surface area (Å²) in [7, 11) is -7.37. The van der Waals surface area contributed by atoms with Gasteiger partial charge >= 0.3 is 0 Å². The van der Waals surface area contributed by atoms with E-state index in [-0.39, 0.29) is 19.9 Å². The summed E-state index contributed by atoms with van der Waals surface area (Å²) in [5.74, 6) is -0.524. The lowest BCUT2D eigenvalue weighted by Crippen LogP contribution is -2.40. The van der Waals surface area contributed by atoms with Crippen molar-refractivity contribution in [2.24, 2.45) is 0 Å². The fourth-order valence-corrected chi connectivity index (χ4v) is 7.15. The van der Waals surface area contributed by atoms with E-state index in [1.165, 1.54) is 34.7 Å². The van der Waals surface area contributed by atoms with Gasteiger partial charge in [0.25, 0.3) is 10.0 Å². The number of hydrogen-bond donors (Lipinski definition) is 3. The molecule has 200 valence electrons. The number of sulfonamides is 2. The number of thiophene rings is 1. The van der Waals surface area contributed by atoms with Gasteiger partial charge < -0.3 is 10.1 Å². The highest BCUT2D eigenvalue weighted by atomic mass is 32.2. The van der Waals surface area contributed by atoms with Crippen LogP contribution in [0.3, 0.4) is 0 Å². The van der Waals surface area contributed by atoms with Crippen LogP contribution in [-0.4, -0.2) is 58.5 Å². The molecular weight excluding hydrogens is 569 g/mol. The van der Waals surface area contributed by atoms with Gasteiger partial charge in [-0.2, -0.15) is 4.31 Å². The minimum absolute atomic E-state index is 0.0330. The zero-order chi connectivity index (χ0) is 27.2. The van der Waals surface area contributed by atoms with Crippen LogP contribution in [-0.2, 0) is 29.6 Å². The van der Waals surface area contributed by atoms with Crippen LogP contribution in [0.2, 0.25) is 0 Å². The van der Waals surface area contributed by atoms with E-state index < -0.39 is 26.0 Å². The predicted molar refractivity (Wildman–Crippen MR) is 151 cm³/mol. The van der Waals surface area contributed by atoms with Gasteiger partial charge in [-0.3, -0.25) is 14.8 Å². The van der Waals surface area contributed by atoms with Crippen LogP contribution in [0.5, 0.6) is 0 Å². The first-order chi connectivity index (χ1) is 18.1. The molecule has 2 aromatic carbocycles. The Morgan fingerprint density at radius 2 is 1.63 bits per heavy atom. The highest BCUT2D eigenvalue weighted by Crippen LogP contribution is 2.26. The van der Waals surface area contributed by atoms with Crippen molar-refractivity contribution in [2.45, 2.75) is 9.10 Å². The lowest BCUT2D eigenvalue weighted by Gasteiger charge is -2.26. The fraction of sp³-hybridized carbons (Fsp3) is 0.167. The summed E-state index contributed by atoms with van der Waals surface area (Å²) in [6.07, 6.45) is 2.77. The second kappa shape index (κ2) is 12.1. The van der Waals surface area contributed by atoms with Gasteiger partial charge in [-0.25, -0.2) is 16.8 Å². The number of amides is 1. The number of thiocarbonyl (C=S) groups is 1. The number of rotatable bonds is 8. The van der Waals surface area contributed by atoms with Crippen LogP contribution in [0.4, 0.5) is 11.4 Å². The van der Waals surface area contributed by atoms with Crippen molar-refractivity contribution in [3.05, 3.63) is 77.7 Å². The van der Waals surface area contributed by atoms with Crippen molar-refractivity contribution < 1.29 is 26.4 Å². The third kappa shape index (κ3) is 7.03. The summed E-state index contributed by atoms with van der Waals surface area (Å²) in [6.45, 7) is 1.34. The van der Waals surface area contributed by atoms with E-state index in [9.17, 15) is 21.6 Å². The minimum atomic E-state index is -3.77. The zero-order valence-corrected chi connectivity index (χ0v) is 23.1. The molecule has 1 saturated heterocycles. The van der Waals surface area contributed by atoms with Crippen LogP contribution in [0, 0.1) is 0 Å².